The molecular formula is C11H16N4O. The van der Waals surface area contributed by atoms with Crippen molar-refractivity contribution in [3.63, 3.8) is 0 Å². The van der Waals surface area contributed by atoms with Crippen molar-refractivity contribution in [1.82, 2.24) is 20.2 Å². The fraction of sp³-hybridized carbons (Fsp3) is 0.545. The Balaban J connectivity index is 1.94. The van der Waals surface area contributed by atoms with E-state index in [1.54, 1.807) is 11.1 Å². The van der Waals surface area contributed by atoms with Gasteiger partial charge in [0.15, 0.2) is 0 Å². The SMILES string of the molecule is CN(C[C@H]1CCNC1)C(=O)c1cnccn1. The Hall–Kier alpha value is -1.49. The Bertz CT molecular complexity index is 348. The van der Waals surface area contributed by atoms with E-state index in [0.29, 0.717) is 11.6 Å². The van der Waals surface area contributed by atoms with E-state index in [2.05, 4.69) is 15.3 Å². The van der Waals surface area contributed by atoms with Crippen molar-refractivity contribution in [2.75, 3.05) is 26.7 Å². The van der Waals surface area contributed by atoms with Gasteiger partial charge in [-0.05, 0) is 25.4 Å². The fourth-order valence-electron chi connectivity index (χ4n) is 1.95. The van der Waals surface area contributed by atoms with Crippen LogP contribution in [0.4, 0.5) is 0 Å². The smallest absolute Gasteiger partial charge is 0.273 e. The third-order valence-corrected chi connectivity index (χ3v) is 2.82. The summed E-state index contributed by atoms with van der Waals surface area (Å²) in [4.78, 5) is 21.6. The molecule has 1 saturated heterocycles. The van der Waals surface area contributed by atoms with Crippen LogP contribution in [0, 0.1) is 5.92 Å². The van der Waals surface area contributed by atoms with Crippen molar-refractivity contribution >= 4 is 5.91 Å². The summed E-state index contributed by atoms with van der Waals surface area (Å²) in [6.45, 7) is 2.83. The molecule has 1 aliphatic rings. The molecule has 1 N–H and O–H groups in total. The van der Waals surface area contributed by atoms with Gasteiger partial charge in [0.2, 0.25) is 0 Å². The zero-order valence-electron chi connectivity index (χ0n) is 9.39. The number of nitrogens with zero attached hydrogens (tertiary/aromatic N) is 3. The van der Waals surface area contributed by atoms with Gasteiger partial charge in [0.05, 0.1) is 6.20 Å². The van der Waals surface area contributed by atoms with Gasteiger partial charge < -0.3 is 10.2 Å². The molecule has 2 rings (SSSR count). The van der Waals surface area contributed by atoms with Gasteiger partial charge in [-0.1, -0.05) is 0 Å². The summed E-state index contributed by atoms with van der Waals surface area (Å²) < 4.78 is 0. The maximum atomic E-state index is 11.9. The molecule has 5 heteroatoms. The highest BCUT2D eigenvalue weighted by molar-refractivity contribution is 5.91. The average molecular weight is 220 g/mol. The van der Waals surface area contributed by atoms with Gasteiger partial charge in [0.25, 0.3) is 5.91 Å². The topological polar surface area (TPSA) is 58.1 Å². The molecule has 1 aliphatic heterocycles. The van der Waals surface area contributed by atoms with Gasteiger partial charge in [-0.2, -0.15) is 0 Å². The minimum Gasteiger partial charge on any atom is -0.340 e. The van der Waals surface area contributed by atoms with Crippen LogP contribution >= 0.6 is 0 Å². The first kappa shape index (κ1) is 11.0. The summed E-state index contributed by atoms with van der Waals surface area (Å²) in [5.41, 5.74) is 0.413. The standard InChI is InChI=1S/C11H16N4O/c1-15(8-9-2-3-12-6-9)11(16)10-7-13-4-5-14-10/h4-5,7,9,12H,2-3,6,8H2,1H3/t9-/m0/s1. The van der Waals surface area contributed by atoms with Gasteiger partial charge in [0.1, 0.15) is 5.69 Å². The van der Waals surface area contributed by atoms with E-state index >= 15 is 0 Å². The highest BCUT2D eigenvalue weighted by Crippen LogP contribution is 2.10. The summed E-state index contributed by atoms with van der Waals surface area (Å²) in [5.74, 6) is 0.505. The molecule has 0 aromatic carbocycles. The quantitative estimate of drug-likeness (QED) is 0.788. The third-order valence-electron chi connectivity index (χ3n) is 2.82. The molecule has 1 aromatic rings. The first-order valence-corrected chi connectivity index (χ1v) is 5.49. The zero-order valence-corrected chi connectivity index (χ0v) is 9.39. The monoisotopic (exact) mass is 220 g/mol. The second-order valence-corrected chi connectivity index (χ2v) is 4.14. The Morgan fingerprint density at radius 1 is 1.62 bits per heavy atom. The normalized spacial score (nSPS) is 19.7. The molecule has 16 heavy (non-hydrogen) atoms. The molecule has 86 valence electrons. The van der Waals surface area contributed by atoms with Crippen molar-refractivity contribution in [1.29, 1.82) is 0 Å². The van der Waals surface area contributed by atoms with E-state index in [-0.39, 0.29) is 5.91 Å². The summed E-state index contributed by atoms with van der Waals surface area (Å²) in [6.07, 6.45) is 5.75. The highest BCUT2D eigenvalue weighted by atomic mass is 16.2. The van der Waals surface area contributed by atoms with E-state index in [9.17, 15) is 4.79 Å². The van der Waals surface area contributed by atoms with Crippen molar-refractivity contribution in [2.45, 2.75) is 6.42 Å². The molecule has 1 atom stereocenters. The molecular weight excluding hydrogens is 204 g/mol. The summed E-state index contributed by atoms with van der Waals surface area (Å²) in [7, 11) is 1.81. The van der Waals surface area contributed by atoms with Crippen molar-refractivity contribution in [2.24, 2.45) is 5.92 Å². The molecule has 0 bridgehead atoms. The van der Waals surface area contributed by atoms with Crippen LogP contribution in [0.2, 0.25) is 0 Å². The van der Waals surface area contributed by atoms with Crippen LogP contribution in [0.15, 0.2) is 18.6 Å². The predicted molar refractivity (Wildman–Crippen MR) is 60.0 cm³/mol. The van der Waals surface area contributed by atoms with Crippen LogP contribution in [-0.4, -0.2) is 47.5 Å². The van der Waals surface area contributed by atoms with Crippen LogP contribution in [0.1, 0.15) is 16.9 Å². The molecule has 0 unspecified atom stereocenters. The minimum absolute atomic E-state index is 0.0556. The molecule has 0 spiro atoms. The fourth-order valence-corrected chi connectivity index (χ4v) is 1.95. The van der Waals surface area contributed by atoms with Gasteiger partial charge in [-0.3, -0.25) is 9.78 Å². The Kier molecular flexibility index (Phi) is 3.46. The molecule has 0 aliphatic carbocycles. The molecule has 2 heterocycles. The summed E-state index contributed by atoms with van der Waals surface area (Å²) in [5, 5.41) is 3.29. The number of aromatic nitrogens is 2. The van der Waals surface area contributed by atoms with E-state index in [1.807, 2.05) is 7.05 Å². The van der Waals surface area contributed by atoms with Crippen LogP contribution in [0.5, 0.6) is 0 Å². The maximum absolute atomic E-state index is 11.9. The predicted octanol–water partition coefficient (Wildman–Crippen LogP) is 0.158. The number of carbonyl (C=O) groups is 1. The van der Waals surface area contributed by atoms with E-state index in [1.165, 1.54) is 12.4 Å². The van der Waals surface area contributed by atoms with Crippen LogP contribution in [-0.2, 0) is 0 Å². The highest BCUT2D eigenvalue weighted by Gasteiger charge is 2.20. The zero-order chi connectivity index (χ0) is 11.4. The molecule has 1 amide bonds. The number of carbonyl (C=O) groups excluding carboxylic acids is 1. The Morgan fingerprint density at radius 2 is 2.50 bits per heavy atom. The van der Waals surface area contributed by atoms with Crippen LogP contribution < -0.4 is 5.32 Å². The number of nitrogens with one attached hydrogen (secondary N) is 1. The Morgan fingerprint density at radius 3 is 3.12 bits per heavy atom. The molecule has 1 aromatic heterocycles. The van der Waals surface area contributed by atoms with E-state index < -0.39 is 0 Å². The summed E-state index contributed by atoms with van der Waals surface area (Å²) >= 11 is 0. The van der Waals surface area contributed by atoms with E-state index in [4.69, 9.17) is 0 Å². The molecule has 0 radical (unpaired) electrons. The van der Waals surface area contributed by atoms with E-state index in [0.717, 1.165) is 26.1 Å². The number of hydrogen-bond acceptors (Lipinski definition) is 4. The van der Waals surface area contributed by atoms with Crippen molar-refractivity contribution in [3.05, 3.63) is 24.3 Å². The van der Waals surface area contributed by atoms with Gasteiger partial charge in [-0.25, -0.2) is 4.98 Å². The first-order valence-electron chi connectivity index (χ1n) is 5.49. The van der Waals surface area contributed by atoms with Gasteiger partial charge in [0, 0.05) is 26.0 Å². The lowest BCUT2D eigenvalue weighted by Gasteiger charge is -2.20. The molecule has 1 fully saturated rings. The largest absolute Gasteiger partial charge is 0.340 e. The number of rotatable bonds is 3. The molecule has 0 saturated carbocycles. The van der Waals surface area contributed by atoms with Crippen LogP contribution in [0.3, 0.4) is 0 Å². The second kappa shape index (κ2) is 5.03. The lowest BCUT2D eigenvalue weighted by molar-refractivity contribution is 0.0770. The molecule has 5 nitrogen and oxygen atoms in total. The maximum Gasteiger partial charge on any atom is 0.273 e. The number of amides is 1. The van der Waals surface area contributed by atoms with Crippen molar-refractivity contribution < 1.29 is 4.79 Å². The summed E-state index contributed by atoms with van der Waals surface area (Å²) in [6, 6.07) is 0. The lowest BCUT2D eigenvalue weighted by Crippen LogP contribution is -2.33. The van der Waals surface area contributed by atoms with Crippen LogP contribution in [0.25, 0.3) is 0 Å². The number of hydrogen-bond donors (Lipinski definition) is 1. The lowest BCUT2D eigenvalue weighted by atomic mass is 10.1. The minimum atomic E-state index is -0.0556. The second-order valence-electron chi connectivity index (χ2n) is 4.14. The first-order chi connectivity index (χ1) is 7.77. The van der Waals surface area contributed by atoms with Gasteiger partial charge in [-0.15, -0.1) is 0 Å². The van der Waals surface area contributed by atoms with Gasteiger partial charge >= 0.3 is 0 Å². The average Bonchev–Trinajstić information content (AvgIpc) is 2.82. The van der Waals surface area contributed by atoms with Crippen molar-refractivity contribution in [3.8, 4) is 0 Å². The third kappa shape index (κ3) is 2.55. The Labute approximate surface area is 94.9 Å².